The van der Waals surface area contributed by atoms with Crippen LogP contribution in [0.3, 0.4) is 0 Å². The van der Waals surface area contributed by atoms with Crippen LogP contribution in [0.1, 0.15) is 6.92 Å². The lowest BCUT2D eigenvalue weighted by atomic mass is 10.5. The fourth-order valence-corrected chi connectivity index (χ4v) is 1.24. The van der Waals surface area contributed by atoms with E-state index < -0.39 is 0 Å². The van der Waals surface area contributed by atoms with Gasteiger partial charge in [-0.1, -0.05) is 6.92 Å². The standard InChI is InChI=1S/C9H13BrN2O/c1-2-11-6-7-13-9-8(10)4-3-5-12-9/h3-5,11H,2,6-7H2,1H3. The van der Waals surface area contributed by atoms with Gasteiger partial charge in [0.05, 0.1) is 4.47 Å². The number of rotatable bonds is 5. The highest BCUT2D eigenvalue weighted by molar-refractivity contribution is 9.10. The summed E-state index contributed by atoms with van der Waals surface area (Å²) in [6, 6.07) is 3.77. The van der Waals surface area contributed by atoms with Crippen molar-refractivity contribution in [1.29, 1.82) is 0 Å². The number of hydrogen-bond donors (Lipinski definition) is 1. The zero-order valence-corrected chi connectivity index (χ0v) is 9.17. The molecule has 0 atom stereocenters. The van der Waals surface area contributed by atoms with Crippen LogP contribution in [0.5, 0.6) is 5.88 Å². The van der Waals surface area contributed by atoms with Crippen molar-refractivity contribution in [2.24, 2.45) is 0 Å². The molecule has 3 nitrogen and oxygen atoms in total. The molecular formula is C9H13BrN2O. The predicted molar refractivity (Wildman–Crippen MR) is 56.0 cm³/mol. The van der Waals surface area contributed by atoms with Crippen molar-refractivity contribution in [1.82, 2.24) is 10.3 Å². The van der Waals surface area contributed by atoms with Crippen LogP contribution in [0, 0.1) is 0 Å². The second-order valence-corrected chi connectivity index (χ2v) is 3.35. The van der Waals surface area contributed by atoms with Crippen LogP contribution in [-0.2, 0) is 0 Å². The van der Waals surface area contributed by atoms with Crippen molar-refractivity contribution < 1.29 is 4.74 Å². The number of hydrogen-bond acceptors (Lipinski definition) is 3. The van der Waals surface area contributed by atoms with Crippen molar-refractivity contribution in [2.45, 2.75) is 6.92 Å². The molecule has 0 amide bonds. The summed E-state index contributed by atoms with van der Waals surface area (Å²) < 4.78 is 6.31. The monoisotopic (exact) mass is 244 g/mol. The Morgan fingerprint density at radius 2 is 2.46 bits per heavy atom. The highest BCUT2D eigenvalue weighted by Gasteiger charge is 1.99. The molecule has 4 heteroatoms. The summed E-state index contributed by atoms with van der Waals surface area (Å²) in [7, 11) is 0. The number of likely N-dealkylation sites (N-methyl/N-ethyl adjacent to an activating group) is 1. The Hall–Kier alpha value is -0.610. The van der Waals surface area contributed by atoms with Gasteiger partial charge in [-0.15, -0.1) is 0 Å². The Balaban J connectivity index is 2.32. The molecule has 1 heterocycles. The summed E-state index contributed by atoms with van der Waals surface area (Å²) in [6.45, 7) is 4.52. The van der Waals surface area contributed by atoms with Crippen LogP contribution >= 0.6 is 15.9 Å². The molecule has 0 aliphatic heterocycles. The normalized spacial score (nSPS) is 10.0. The zero-order chi connectivity index (χ0) is 9.52. The van der Waals surface area contributed by atoms with E-state index >= 15 is 0 Å². The van der Waals surface area contributed by atoms with Gasteiger partial charge in [-0.05, 0) is 34.6 Å². The summed E-state index contributed by atoms with van der Waals surface area (Å²) in [5, 5.41) is 3.17. The van der Waals surface area contributed by atoms with E-state index in [0.29, 0.717) is 12.5 Å². The van der Waals surface area contributed by atoms with E-state index in [0.717, 1.165) is 17.6 Å². The van der Waals surface area contributed by atoms with Gasteiger partial charge in [0.15, 0.2) is 0 Å². The van der Waals surface area contributed by atoms with Crippen LogP contribution in [0.25, 0.3) is 0 Å². The Morgan fingerprint density at radius 3 is 3.15 bits per heavy atom. The second-order valence-electron chi connectivity index (χ2n) is 2.49. The Bertz CT molecular complexity index is 255. The molecule has 0 unspecified atom stereocenters. The molecule has 13 heavy (non-hydrogen) atoms. The van der Waals surface area contributed by atoms with E-state index in [1.807, 2.05) is 12.1 Å². The maximum atomic E-state index is 5.42. The molecule has 0 spiro atoms. The maximum Gasteiger partial charge on any atom is 0.227 e. The molecule has 72 valence electrons. The van der Waals surface area contributed by atoms with Gasteiger partial charge in [0, 0.05) is 12.7 Å². The van der Waals surface area contributed by atoms with Crippen LogP contribution in [0.2, 0.25) is 0 Å². The second kappa shape index (κ2) is 5.94. The van der Waals surface area contributed by atoms with E-state index in [1.165, 1.54) is 0 Å². The number of nitrogens with one attached hydrogen (secondary N) is 1. The van der Waals surface area contributed by atoms with E-state index in [-0.39, 0.29) is 0 Å². The topological polar surface area (TPSA) is 34.1 Å². The third-order valence-corrected chi connectivity index (χ3v) is 2.10. The third kappa shape index (κ3) is 3.74. The lowest BCUT2D eigenvalue weighted by Crippen LogP contribution is -2.20. The van der Waals surface area contributed by atoms with Crippen LogP contribution in [-0.4, -0.2) is 24.7 Å². The smallest absolute Gasteiger partial charge is 0.227 e. The molecule has 0 aromatic carbocycles. The van der Waals surface area contributed by atoms with Gasteiger partial charge in [-0.25, -0.2) is 4.98 Å². The van der Waals surface area contributed by atoms with Gasteiger partial charge in [0.25, 0.3) is 0 Å². The zero-order valence-electron chi connectivity index (χ0n) is 7.59. The number of ether oxygens (including phenoxy) is 1. The maximum absolute atomic E-state index is 5.42. The van der Waals surface area contributed by atoms with Gasteiger partial charge in [-0.2, -0.15) is 0 Å². The van der Waals surface area contributed by atoms with Crippen molar-refractivity contribution in [3.05, 3.63) is 22.8 Å². The molecule has 0 radical (unpaired) electrons. The summed E-state index contributed by atoms with van der Waals surface area (Å²) in [5.74, 6) is 0.653. The first-order valence-electron chi connectivity index (χ1n) is 4.28. The fraction of sp³-hybridized carbons (Fsp3) is 0.444. The first-order chi connectivity index (χ1) is 6.34. The Labute approximate surface area is 86.6 Å². The Morgan fingerprint density at radius 1 is 1.62 bits per heavy atom. The van der Waals surface area contributed by atoms with E-state index in [9.17, 15) is 0 Å². The molecule has 0 bridgehead atoms. The van der Waals surface area contributed by atoms with Crippen LogP contribution in [0.4, 0.5) is 0 Å². The molecule has 0 saturated carbocycles. The first-order valence-corrected chi connectivity index (χ1v) is 5.08. The van der Waals surface area contributed by atoms with Crippen molar-refractivity contribution in [3.63, 3.8) is 0 Å². The quantitative estimate of drug-likeness (QED) is 0.803. The van der Waals surface area contributed by atoms with Crippen molar-refractivity contribution >= 4 is 15.9 Å². The van der Waals surface area contributed by atoms with Crippen molar-refractivity contribution in [2.75, 3.05) is 19.7 Å². The minimum Gasteiger partial charge on any atom is -0.476 e. The van der Waals surface area contributed by atoms with Crippen LogP contribution < -0.4 is 10.1 Å². The van der Waals surface area contributed by atoms with E-state index in [2.05, 4.69) is 33.2 Å². The highest BCUT2D eigenvalue weighted by atomic mass is 79.9. The summed E-state index contributed by atoms with van der Waals surface area (Å²) >= 11 is 3.36. The minimum atomic E-state index is 0.642. The average molecular weight is 245 g/mol. The third-order valence-electron chi connectivity index (χ3n) is 1.49. The number of nitrogens with zero attached hydrogens (tertiary/aromatic N) is 1. The molecule has 0 aliphatic carbocycles. The summed E-state index contributed by atoms with van der Waals surface area (Å²) in [5.41, 5.74) is 0. The van der Waals surface area contributed by atoms with Gasteiger partial charge >= 0.3 is 0 Å². The van der Waals surface area contributed by atoms with E-state index in [4.69, 9.17) is 4.74 Å². The molecule has 1 aromatic heterocycles. The lowest BCUT2D eigenvalue weighted by molar-refractivity contribution is 0.301. The van der Waals surface area contributed by atoms with E-state index in [1.54, 1.807) is 6.20 Å². The minimum absolute atomic E-state index is 0.642. The first kappa shape index (κ1) is 10.5. The summed E-state index contributed by atoms with van der Waals surface area (Å²) in [6.07, 6.45) is 1.72. The number of aromatic nitrogens is 1. The Kier molecular flexibility index (Phi) is 4.78. The van der Waals surface area contributed by atoms with Gasteiger partial charge < -0.3 is 10.1 Å². The van der Waals surface area contributed by atoms with Gasteiger partial charge in [0.1, 0.15) is 6.61 Å². The van der Waals surface area contributed by atoms with Crippen LogP contribution in [0.15, 0.2) is 22.8 Å². The average Bonchev–Trinajstić information content (AvgIpc) is 2.15. The SMILES string of the molecule is CCNCCOc1ncccc1Br. The molecule has 1 aromatic rings. The van der Waals surface area contributed by atoms with Gasteiger partial charge in [-0.3, -0.25) is 0 Å². The highest BCUT2D eigenvalue weighted by Crippen LogP contribution is 2.20. The molecule has 1 rings (SSSR count). The molecular weight excluding hydrogens is 232 g/mol. The largest absolute Gasteiger partial charge is 0.476 e. The molecule has 0 saturated heterocycles. The molecule has 1 N–H and O–H groups in total. The fourth-order valence-electron chi connectivity index (χ4n) is 0.874. The molecule has 0 aliphatic rings. The van der Waals surface area contributed by atoms with Crippen molar-refractivity contribution in [3.8, 4) is 5.88 Å². The number of halogens is 1. The molecule has 0 fully saturated rings. The van der Waals surface area contributed by atoms with Gasteiger partial charge in [0.2, 0.25) is 5.88 Å². The summed E-state index contributed by atoms with van der Waals surface area (Å²) in [4.78, 5) is 4.08. The predicted octanol–water partition coefficient (Wildman–Crippen LogP) is 1.83. The lowest BCUT2D eigenvalue weighted by Gasteiger charge is -2.06. The number of pyridine rings is 1.